The van der Waals surface area contributed by atoms with Crippen molar-refractivity contribution in [1.82, 2.24) is 4.90 Å². The van der Waals surface area contributed by atoms with Crippen molar-refractivity contribution < 1.29 is 0 Å². The first-order valence-corrected chi connectivity index (χ1v) is 7.94. The summed E-state index contributed by atoms with van der Waals surface area (Å²) in [6.45, 7) is 7.08. The molecule has 20 heavy (non-hydrogen) atoms. The third-order valence-electron chi connectivity index (χ3n) is 4.05. The first-order chi connectivity index (χ1) is 9.79. The van der Waals surface area contributed by atoms with Crippen LogP contribution < -0.4 is 5.32 Å². The number of anilines is 1. The van der Waals surface area contributed by atoms with E-state index in [-0.39, 0.29) is 0 Å². The van der Waals surface area contributed by atoms with Crippen molar-refractivity contribution in [3.8, 4) is 0 Å². The molecule has 0 atom stereocenters. The van der Waals surface area contributed by atoms with Crippen LogP contribution in [0, 0.1) is 0 Å². The first-order valence-electron chi connectivity index (χ1n) is 7.94. The van der Waals surface area contributed by atoms with E-state index in [0.717, 1.165) is 13.1 Å². The molecule has 0 aliphatic carbocycles. The number of rotatable bonds is 8. The van der Waals surface area contributed by atoms with Crippen LogP contribution in [0.25, 0.3) is 0 Å². The first kappa shape index (κ1) is 15.1. The smallest absolute Gasteiger partial charge is 0.0372 e. The molecule has 0 radical (unpaired) electrons. The zero-order chi connectivity index (χ0) is 14.2. The highest BCUT2D eigenvalue weighted by Gasteiger charge is 2.08. The van der Waals surface area contributed by atoms with Gasteiger partial charge in [-0.2, -0.15) is 0 Å². The molecule has 1 aliphatic heterocycles. The summed E-state index contributed by atoms with van der Waals surface area (Å²) in [6.07, 6.45) is 9.61. The lowest BCUT2D eigenvalue weighted by atomic mass is 9.98. The number of nitrogens with one attached hydrogen (secondary N) is 1. The highest BCUT2D eigenvalue weighted by Crippen LogP contribution is 2.23. The fraction of sp³-hybridized carbons (Fsp3) is 0.556. The van der Waals surface area contributed by atoms with Crippen molar-refractivity contribution in [3.63, 3.8) is 0 Å². The zero-order valence-corrected chi connectivity index (χ0v) is 12.8. The maximum absolute atomic E-state index is 3.77. The Morgan fingerprint density at radius 3 is 3.05 bits per heavy atom. The van der Waals surface area contributed by atoms with Gasteiger partial charge in [0.15, 0.2) is 0 Å². The van der Waals surface area contributed by atoms with Gasteiger partial charge >= 0.3 is 0 Å². The Hall–Kier alpha value is -1.28. The minimum absolute atomic E-state index is 0.998. The van der Waals surface area contributed by atoms with Crippen LogP contribution in [0.3, 0.4) is 0 Å². The number of benzene rings is 1. The molecular formula is C18H28N2. The van der Waals surface area contributed by atoms with Crippen LogP contribution in [0.15, 0.2) is 30.9 Å². The van der Waals surface area contributed by atoms with Crippen LogP contribution in [-0.2, 0) is 12.8 Å². The van der Waals surface area contributed by atoms with Gasteiger partial charge in [0, 0.05) is 18.8 Å². The van der Waals surface area contributed by atoms with Gasteiger partial charge in [0.2, 0.25) is 0 Å². The predicted octanol–water partition coefficient (Wildman–Crippen LogP) is 3.88. The molecule has 0 aromatic heterocycles. The monoisotopic (exact) mass is 272 g/mol. The number of unbranched alkanes of at least 4 members (excludes halogenated alkanes) is 2. The number of hydrogen-bond acceptors (Lipinski definition) is 2. The van der Waals surface area contributed by atoms with Crippen LogP contribution in [0.2, 0.25) is 0 Å². The molecule has 2 nitrogen and oxygen atoms in total. The fourth-order valence-electron chi connectivity index (χ4n) is 2.88. The second-order valence-electron chi connectivity index (χ2n) is 5.88. The highest BCUT2D eigenvalue weighted by atomic mass is 15.1. The van der Waals surface area contributed by atoms with E-state index < -0.39 is 0 Å². The molecule has 1 aliphatic rings. The summed E-state index contributed by atoms with van der Waals surface area (Å²) in [7, 11) is 2.16. The number of nitrogens with zero attached hydrogens (tertiary/aromatic N) is 1. The van der Waals surface area contributed by atoms with Gasteiger partial charge in [-0.1, -0.05) is 24.6 Å². The lowest BCUT2D eigenvalue weighted by Gasteiger charge is -2.18. The third kappa shape index (κ3) is 4.68. The fourth-order valence-corrected chi connectivity index (χ4v) is 2.88. The highest BCUT2D eigenvalue weighted by molar-refractivity contribution is 5.54. The predicted molar refractivity (Wildman–Crippen MR) is 88.5 cm³/mol. The van der Waals surface area contributed by atoms with Crippen LogP contribution in [-0.4, -0.2) is 31.6 Å². The molecule has 1 N–H and O–H groups in total. The van der Waals surface area contributed by atoms with E-state index in [4.69, 9.17) is 0 Å². The standard InChI is InChI=1S/C18H28N2/c1-3-13-20(2)14-6-4-5-8-16-10-11-18-17(15-16)9-7-12-19-18/h3,10-11,15,19H,1,4-9,12-14H2,2H3. The van der Waals surface area contributed by atoms with Crippen LogP contribution in [0.5, 0.6) is 0 Å². The molecule has 0 saturated carbocycles. The van der Waals surface area contributed by atoms with Gasteiger partial charge in [0.1, 0.15) is 0 Å². The van der Waals surface area contributed by atoms with Gasteiger partial charge in [-0.15, -0.1) is 6.58 Å². The summed E-state index contributed by atoms with van der Waals surface area (Å²) in [6, 6.07) is 6.97. The quantitative estimate of drug-likeness (QED) is 0.571. The maximum Gasteiger partial charge on any atom is 0.0372 e. The van der Waals surface area contributed by atoms with Crippen molar-refractivity contribution >= 4 is 5.69 Å². The number of hydrogen-bond donors (Lipinski definition) is 1. The van der Waals surface area contributed by atoms with Gasteiger partial charge in [0.05, 0.1) is 0 Å². The molecule has 0 amide bonds. The number of likely N-dealkylation sites (N-methyl/N-ethyl adjacent to an activating group) is 1. The average Bonchev–Trinajstić information content (AvgIpc) is 2.47. The van der Waals surface area contributed by atoms with Crippen molar-refractivity contribution in [2.45, 2.75) is 38.5 Å². The van der Waals surface area contributed by atoms with Crippen LogP contribution >= 0.6 is 0 Å². The van der Waals surface area contributed by atoms with Crippen molar-refractivity contribution in [1.29, 1.82) is 0 Å². The van der Waals surface area contributed by atoms with E-state index in [1.807, 2.05) is 6.08 Å². The van der Waals surface area contributed by atoms with Gasteiger partial charge in [-0.25, -0.2) is 0 Å². The summed E-state index contributed by atoms with van der Waals surface area (Å²) in [5.74, 6) is 0. The van der Waals surface area contributed by atoms with Crippen LogP contribution in [0.4, 0.5) is 5.69 Å². The minimum atomic E-state index is 0.998. The lowest BCUT2D eigenvalue weighted by molar-refractivity contribution is 0.358. The normalized spacial score (nSPS) is 13.9. The Morgan fingerprint density at radius 1 is 1.30 bits per heavy atom. The Balaban J connectivity index is 1.68. The molecule has 110 valence electrons. The van der Waals surface area contributed by atoms with Crippen LogP contribution in [0.1, 0.15) is 36.8 Å². The molecule has 0 unspecified atom stereocenters. The molecule has 1 aromatic rings. The molecule has 0 saturated heterocycles. The average molecular weight is 272 g/mol. The van der Waals surface area contributed by atoms with E-state index in [1.165, 1.54) is 61.9 Å². The van der Waals surface area contributed by atoms with Gasteiger partial charge in [-0.3, -0.25) is 0 Å². The number of aryl methyl sites for hydroxylation is 2. The molecule has 1 aromatic carbocycles. The summed E-state index contributed by atoms with van der Waals surface area (Å²) < 4.78 is 0. The Labute approximate surface area is 123 Å². The van der Waals surface area contributed by atoms with Crippen molar-refractivity contribution in [2.24, 2.45) is 0 Å². The third-order valence-corrected chi connectivity index (χ3v) is 4.05. The summed E-state index contributed by atoms with van der Waals surface area (Å²) in [4.78, 5) is 2.33. The Kier molecular flexibility index (Phi) is 6.13. The molecule has 1 heterocycles. The lowest BCUT2D eigenvalue weighted by Crippen LogP contribution is -2.19. The Morgan fingerprint density at radius 2 is 2.20 bits per heavy atom. The second-order valence-corrected chi connectivity index (χ2v) is 5.88. The molecular weight excluding hydrogens is 244 g/mol. The second kappa shape index (κ2) is 8.11. The van der Waals surface area contributed by atoms with E-state index in [1.54, 1.807) is 0 Å². The SMILES string of the molecule is C=CCN(C)CCCCCc1ccc2c(c1)CCCN2. The Bertz CT molecular complexity index is 425. The zero-order valence-electron chi connectivity index (χ0n) is 12.8. The molecule has 2 heteroatoms. The van der Waals surface area contributed by atoms with Gasteiger partial charge < -0.3 is 10.2 Å². The van der Waals surface area contributed by atoms with Crippen molar-refractivity contribution in [3.05, 3.63) is 42.0 Å². The summed E-state index contributed by atoms with van der Waals surface area (Å²) in [5, 5.41) is 3.48. The maximum atomic E-state index is 3.77. The largest absolute Gasteiger partial charge is 0.385 e. The van der Waals surface area contributed by atoms with E-state index in [9.17, 15) is 0 Å². The summed E-state index contributed by atoms with van der Waals surface area (Å²) >= 11 is 0. The molecule has 0 fully saturated rings. The van der Waals surface area contributed by atoms with E-state index in [2.05, 4.69) is 42.0 Å². The minimum Gasteiger partial charge on any atom is -0.385 e. The summed E-state index contributed by atoms with van der Waals surface area (Å²) in [5.41, 5.74) is 4.37. The van der Waals surface area contributed by atoms with Gasteiger partial charge in [0.25, 0.3) is 0 Å². The van der Waals surface area contributed by atoms with Gasteiger partial charge in [-0.05, 0) is 62.9 Å². The van der Waals surface area contributed by atoms with E-state index in [0.29, 0.717) is 0 Å². The molecule has 0 bridgehead atoms. The molecule has 0 spiro atoms. The van der Waals surface area contributed by atoms with Crippen molar-refractivity contribution in [2.75, 3.05) is 32.0 Å². The van der Waals surface area contributed by atoms with E-state index >= 15 is 0 Å². The molecule has 2 rings (SSSR count). The topological polar surface area (TPSA) is 15.3 Å². The number of fused-ring (bicyclic) bond motifs is 1.